The van der Waals surface area contributed by atoms with E-state index in [1.165, 1.54) is 6.92 Å². The summed E-state index contributed by atoms with van der Waals surface area (Å²) in [6, 6.07) is 8.70. The van der Waals surface area contributed by atoms with Crippen LogP contribution in [0.5, 0.6) is 0 Å². The number of aliphatic imine (C=N–C) groups is 1. The maximum absolute atomic E-state index is 12.0. The lowest BCUT2D eigenvalue weighted by Gasteiger charge is -2.05. The van der Waals surface area contributed by atoms with Crippen molar-refractivity contribution in [1.29, 1.82) is 0 Å². The summed E-state index contributed by atoms with van der Waals surface area (Å²) in [5.74, 6) is -0.870. The number of carbonyl (C=O) groups excluding carboxylic acids is 1. The smallest absolute Gasteiger partial charge is 0.407 e. The van der Waals surface area contributed by atoms with Crippen molar-refractivity contribution in [1.82, 2.24) is 0 Å². The van der Waals surface area contributed by atoms with E-state index in [0.29, 0.717) is 5.69 Å². The highest BCUT2D eigenvalue weighted by molar-refractivity contribution is 6.65. The molecule has 0 heterocycles. The van der Waals surface area contributed by atoms with Crippen LogP contribution in [0.4, 0.5) is 14.5 Å². The van der Waals surface area contributed by atoms with Gasteiger partial charge in [0.2, 0.25) is 5.71 Å². The maximum atomic E-state index is 12.0. The average Bonchev–Trinajstić information content (AvgIpc) is 2.40. The van der Waals surface area contributed by atoms with Gasteiger partial charge in [-0.3, -0.25) is 4.99 Å². The molecule has 0 saturated carbocycles. The van der Waals surface area contributed by atoms with Crippen molar-refractivity contribution in [3.05, 3.63) is 30.3 Å². The van der Waals surface area contributed by atoms with Crippen LogP contribution in [-0.4, -0.2) is 30.6 Å². The van der Waals surface area contributed by atoms with Crippen LogP contribution in [0.1, 0.15) is 13.8 Å². The van der Waals surface area contributed by atoms with Crippen LogP contribution in [0.25, 0.3) is 0 Å². The third-order valence-corrected chi connectivity index (χ3v) is 2.09. The Morgan fingerprint density at radius 1 is 1.30 bits per heavy atom. The predicted molar refractivity (Wildman–Crippen MR) is 70.4 cm³/mol. The van der Waals surface area contributed by atoms with Crippen LogP contribution >= 0.6 is 0 Å². The summed E-state index contributed by atoms with van der Waals surface area (Å²) >= 11 is 0. The fourth-order valence-electron chi connectivity index (χ4n) is 1.29. The number of para-hydroxylation sites is 1. The highest BCUT2D eigenvalue weighted by Crippen LogP contribution is 2.11. The Balaban J connectivity index is 3.00. The van der Waals surface area contributed by atoms with Gasteiger partial charge in [0, 0.05) is 0 Å². The molecule has 5 nitrogen and oxygen atoms in total. The van der Waals surface area contributed by atoms with Crippen molar-refractivity contribution in [2.75, 3.05) is 6.61 Å². The monoisotopic (exact) mass is 284 g/mol. The Morgan fingerprint density at radius 2 is 1.95 bits per heavy atom. The van der Waals surface area contributed by atoms with Gasteiger partial charge < -0.3 is 9.57 Å². The van der Waals surface area contributed by atoms with E-state index in [0.717, 1.165) is 0 Å². The number of oxime groups is 1. The number of hydrogen-bond donors (Lipinski definition) is 0. The van der Waals surface area contributed by atoms with Gasteiger partial charge in [0.1, 0.15) is 0 Å². The number of carbonyl (C=O) groups is 1. The number of benzene rings is 1. The molecule has 0 bridgehead atoms. The SMILES string of the molecule is CCOC(=O)/C(=N/OC(F)F)C(C)=Nc1ccccc1. The summed E-state index contributed by atoms with van der Waals surface area (Å²) in [7, 11) is 0. The molecular weight excluding hydrogens is 270 g/mol. The van der Waals surface area contributed by atoms with Gasteiger partial charge in [0.15, 0.2) is 0 Å². The summed E-state index contributed by atoms with van der Waals surface area (Å²) in [5, 5.41) is 3.10. The minimum absolute atomic E-state index is 0.0884. The highest BCUT2D eigenvalue weighted by Gasteiger charge is 2.18. The van der Waals surface area contributed by atoms with E-state index in [4.69, 9.17) is 4.74 Å². The van der Waals surface area contributed by atoms with E-state index in [-0.39, 0.29) is 12.3 Å². The van der Waals surface area contributed by atoms with Crippen molar-refractivity contribution in [2.45, 2.75) is 20.5 Å². The van der Waals surface area contributed by atoms with E-state index in [2.05, 4.69) is 15.0 Å². The second-order valence-electron chi connectivity index (χ2n) is 3.56. The molecule has 7 heteroatoms. The molecule has 1 aromatic carbocycles. The Labute approximate surface area is 114 Å². The van der Waals surface area contributed by atoms with Gasteiger partial charge in [-0.05, 0) is 26.0 Å². The van der Waals surface area contributed by atoms with Crippen LogP contribution in [0.3, 0.4) is 0 Å². The minimum Gasteiger partial charge on any atom is -0.461 e. The first-order valence-electron chi connectivity index (χ1n) is 5.84. The zero-order valence-corrected chi connectivity index (χ0v) is 11.0. The molecule has 0 aliphatic rings. The number of ether oxygens (including phenoxy) is 1. The second kappa shape index (κ2) is 7.98. The molecule has 20 heavy (non-hydrogen) atoms. The molecule has 0 spiro atoms. The average molecular weight is 284 g/mol. The summed E-state index contributed by atoms with van der Waals surface area (Å²) < 4.78 is 28.7. The van der Waals surface area contributed by atoms with Crippen LogP contribution in [0.15, 0.2) is 40.5 Å². The number of halogens is 2. The quantitative estimate of drug-likeness (QED) is 0.458. The number of esters is 1. The minimum atomic E-state index is -3.12. The molecule has 0 unspecified atom stereocenters. The number of hydrogen-bond acceptors (Lipinski definition) is 5. The van der Waals surface area contributed by atoms with Crippen molar-refractivity contribution >= 4 is 23.1 Å². The molecule has 0 aliphatic carbocycles. The number of rotatable bonds is 6. The molecule has 1 rings (SSSR count). The first-order chi connectivity index (χ1) is 9.54. The Hall–Kier alpha value is -2.31. The zero-order valence-electron chi connectivity index (χ0n) is 11.0. The van der Waals surface area contributed by atoms with Crippen LogP contribution in [0, 0.1) is 0 Å². The van der Waals surface area contributed by atoms with Crippen LogP contribution in [-0.2, 0) is 14.4 Å². The molecule has 0 saturated heterocycles. The molecule has 108 valence electrons. The Bertz CT molecular complexity index is 502. The van der Waals surface area contributed by atoms with Gasteiger partial charge in [-0.15, -0.1) is 0 Å². The van der Waals surface area contributed by atoms with Gasteiger partial charge in [0.05, 0.1) is 18.0 Å². The molecule has 0 aliphatic heterocycles. The topological polar surface area (TPSA) is 60.2 Å². The maximum Gasteiger partial charge on any atom is 0.407 e. The van der Waals surface area contributed by atoms with Crippen molar-refractivity contribution < 1.29 is 23.1 Å². The first-order valence-corrected chi connectivity index (χ1v) is 5.84. The molecule has 0 fully saturated rings. The molecule has 0 amide bonds. The summed E-state index contributed by atoms with van der Waals surface area (Å²) in [6.07, 6.45) is 0. The van der Waals surface area contributed by atoms with Gasteiger partial charge in [-0.25, -0.2) is 4.79 Å². The highest BCUT2D eigenvalue weighted by atomic mass is 19.3. The number of nitrogens with zero attached hydrogens (tertiary/aromatic N) is 2. The molecule has 0 radical (unpaired) electrons. The lowest BCUT2D eigenvalue weighted by atomic mass is 10.2. The van der Waals surface area contributed by atoms with E-state index in [9.17, 15) is 13.6 Å². The molecular formula is C13H14F2N2O3. The van der Waals surface area contributed by atoms with E-state index < -0.39 is 18.3 Å². The third-order valence-electron chi connectivity index (χ3n) is 2.09. The van der Waals surface area contributed by atoms with Crippen molar-refractivity contribution in [3.8, 4) is 0 Å². The largest absolute Gasteiger partial charge is 0.461 e. The third kappa shape index (κ3) is 5.13. The Kier molecular flexibility index (Phi) is 6.28. The summed E-state index contributed by atoms with van der Waals surface area (Å²) in [5.41, 5.74) is 0.283. The first kappa shape index (κ1) is 15.7. The Morgan fingerprint density at radius 3 is 2.50 bits per heavy atom. The number of alkyl halides is 2. The lowest BCUT2D eigenvalue weighted by molar-refractivity contribution is -0.138. The fourth-order valence-corrected chi connectivity index (χ4v) is 1.29. The molecule has 0 aromatic heterocycles. The van der Waals surface area contributed by atoms with Crippen LogP contribution in [0.2, 0.25) is 0 Å². The molecule has 0 atom stereocenters. The van der Waals surface area contributed by atoms with E-state index in [1.54, 1.807) is 37.3 Å². The van der Waals surface area contributed by atoms with Gasteiger partial charge in [-0.1, -0.05) is 23.4 Å². The molecule has 0 N–H and O–H groups in total. The van der Waals surface area contributed by atoms with Gasteiger partial charge in [0.25, 0.3) is 0 Å². The fraction of sp³-hybridized carbons (Fsp3) is 0.308. The standard InChI is InChI=1S/C13H14F2N2O3/c1-3-19-12(18)11(17-20-13(14)15)9(2)16-10-7-5-4-6-8-10/h4-8,13H,3H2,1-2H3/b16-9?,17-11+. The van der Waals surface area contributed by atoms with Gasteiger partial charge >= 0.3 is 12.6 Å². The van der Waals surface area contributed by atoms with Crippen molar-refractivity contribution in [3.63, 3.8) is 0 Å². The van der Waals surface area contributed by atoms with E-state index in [1.807, 2.05) is 0 Å². The zero-order chi connectivity index (χ0) is 15.0. The van der Waals surface area contributed by atoms with E-state index >= 15 is 0 Å². The second-order valence-corrected chi connectivity index (χ2v) is 3.56. The molecule has 1 aromatic rings. The summed E-state index contributed by atoms with van der Waals surface area (Å²) in [6.45, 7) is 0.0135. The summed E-state index contributed by atoms with van der Waals surface area (Å²) in [4.78, 5) is 19.5. The van der Waals surface area contributed by atoms with Gasteiger partial charge in [-0.2, -0.15) is 8.78 Å². The van der Waals surface area contributed by atoms with Crippen molar-refractivity contribution in [2.24, 2.45) is 10.1 Å². The predicted octanol–water partition coefficient (Wildman–Crippen LogP) is 2.94. The van der Waals surface area contributed by atoms with Crippen LogP contribution < -0.4 is 0 Å². The normalized spacial score (nSPS) is 12.4. The lowest BCUT2D eigenvalue weighted by Crippen LogP contribution is -2.25.